The predicted molar refractivity (Wildman–Crippen MR) is 147 cm³/mol. The van der Waals surface area contributed by atoms with E-state index in [1.807, 2.05) is 56.6 Å². The van der Waals surface area contributed by atoms with Gasteiger partial charge in [-0.05, 0) is 74.3 Å². The number of benzene rings is 1. The maximum atomic E-state index is 6.31. The van der Waals surface area contributed by atoms with Gasteiger partial charge in [-0.2, -0.15) is 0 Å². The molecule has 0 saturated heterocycles. The molecule has 1 aromatic carbocycles. The van der Waals surface area contributed by atoms with Gasteiger partial charge in [0.1, 0.15) is 5.82 Å². The van der Waals surface area contributed by atoms with E-state index in [9.17, 15) is 0 Å². The van der Waals surface area contributed by atoms with Crippen molar-refractivity contribution in [3.05, 3.63) is 88.7 Å². The molecule has 0 bridgehead atoms. The van der Waals surface area contributed by atoms with Crippen LogP contribution in [0, 0.1) is 0 Å². The van der Waals surface area contributed by atoms with Gasteiger partial charge < -0.3 is 10.3 Å². The second kappa shape index (κ2) is 14.0. The topological polar surface area (TPSA) is 66.5 Å². The van der Waals surface area contributed by atoms with Gasteiger partial charge in [0.05, 0.1) is 21.4 Å². The number of nitrogens with one attached hydrogen (secondary N) is 2. The van der Waals surface area contributed by atoms with Crippen molar-refractivity contribution >= 4 is 23.2 Å². The molecule has 4 rings (SSSR count). The highest BCUT2D eigenvalue weighted by atomic mass is 35.5. The van der Waals surface area contributed by atoms with E-state index in [4.69, 9.17) is 28.2 Å². The average molecular weight is 511 g/mol. The van der Waals surface area contributed by atoms with E-state index in [2.05, 4.69) is 39.3 Å². The Hall–Kier alpha value is -2.73. The van der Waals surface area contributed by atoms with Crippen LogP contribution in [-0.2, 0) is 6.42 Å². The molecule has 35 heavy (non-hydrogen) atoms. The number of rotatable bonds is 10. The van der Waals surface area contributed by atoms with Gasteiger partial charge in [-0.25, -0.2) is 4.98 Å². The van der Waals surface area contributed by atoms with Crippen LogP contribution in [0.3, 0.4) is 0 Å². The second-order valence-corrected chi connectivity index (χ2v) is 8.77. The first-order valence-corrected chi connectivity index (χ1v) is 13.0. The van der Waals surface area contributed by atoms with E-state index in [1.165, 1.54) is 5.56 Å². The SMILES string of the molecule is CC.CCC(CCNCCc1ccncc1)c1nc(-c2ccc(Cl)c(Cl)c2)c(-c2ccncc2)[nH]1. The predicted octanol–water partition coefficient (Wildman–Crippen LogP) is 7.58. The van der Waals surface area contributed by atoms with Crippen LogP contribution in [0.5, 0.6) is 0 Å². The summed E-state index contributed by atoms with van der Waals surface area (Å²) in [6.45, 7) is 8.07. The molecule has 4 aromatic rings. The summed E-state index contributed by atoms with van der Waals surface area (Å²) in [6.07, 6.45) is 10.2. The third kappa shape index (κ3) is 7.38. The third-order valence-electron chi connectivity index (χ3n) is 5.77. The second-order valence-electron chi connectivity index (χ2n) is 7.96. The number of hydrogen-bond donors (Lipinski definition) is 2. The Bertz CT molecular complexity index is 1160. The van der Waals surface area contributed by atoms with Crippen molar-refractivity contribution in [1.82, 2.24) is 25.3 Å². The minimum Gasteiger partial charge on any atom is -0.341 e. The Kier molecular flexibility index (Phi) is 10.7. The van der Waals surface area contributed by atoms with E-state index in [1.54, 1.807) is 12.4 Å². The minimum atomic E-state index is 0.315. The number of nitrogens with zero attached hydrogens (tertiary/aromatic N) is 3. The van der Waals surface area contributed by atoms with Gasteiger partial charge >= 0.3 is 0 Å². The lowest BCUT2D eigenvalue weighted by Gasteiger charge is -2.13. The van der Waals surface area contributed by atoms with Crippen molar-refractivity contribution in [2.24, 2.45) is 0 Å². The van der Waals surface area contributed by atoms with Crippen LogP contribution in [0.1, 0.15) is 50.9 Å². The zero-order valence-electron chi connectivity index (χ0n) is 20.6. The molecular formula is C28H33Cl2N5. The molecule has 0 aliphatic rings. The largest absolute Gasteiger partial charge is 0.341 e. The standard InChI is InChI=1S/C26H27Cl2N5.C2H6/c1-2-19(8-14-30-13-7-18-5-11-29-12-6-18)26-32-24(20-9-15-31-16-10-20)25(33-26)21-3-4-22(27)23(28)17-21;1-2/h3-6,9-12,15-17,19,30H,2,7-8,13-14H2,1H3,(H,32,33);1-2H3. The number of H-pyrrole nitrogens is 1. The Balaban J connectivity index is 0.00000167. The van der Waals surface area contributed by atoms with Crippen molar-refractivity contribution in [2.45, 2.75) is 46.0 Å². The Morgan fingerprint density at radius 3 is 2.20 bits per heavy atom. The highest BCUT2D eigenvalue weighted by molar-refractivity contribution is 6.42. The molecule has 0 saturated carbocycles. The van der Waals surface area contributed by atoms with Gasteiger partial charge in [0.2, 0.25) is 0 Å². The van der Waals surface area contributed by atoms with Gasteiger partial charge in [-0.15, -0.1) is 0 Å². The molecule has 3 heterocycles. The molecule has 0 radical (unpaired) electrons. The van der Waals surface area contributed by atoms with Crippen LogP contribution in [0.2, 0.25) is 10.0 Å². The fourth-order valence-corrected chi connectivity index (χ4v) is 4.18. The van der Waals surface area contributed by atoms with Crippen LogP contribution in [-0.4, -0.2) is 33.0 Å². The summed E-state index contributed by atoms with van der Waals surface area (Å²) in [5, 5.41) is 4.62. The molecule has 7 heteroatoms. The molecular weight excluding hydrogens is 477 g/mol. The highest BCUT2D eigenvalue weighted by Gasteiger charge is 2.20. The summed E-state index contributed by atoms with van der Waals surface area (Å²) >= 11 is 12.5. The van der Waals surface area contributed by atoms with Gasteiger partial charge in [0, 0.05) is 41.8 Å². The van der Waals surface area contributed by atoms with Crippen LogP contribution in [0.25, 0.3) is 22.5 Å². The fraction of sp³-hybridized carbons (Fsp3) is 0.321. The molecule has 0 fully saturated rings. The summed E-state index contributed by atoms with van der Waals surface area (Å²) in [5.41, 5.74) is 5.11. The zero-order valence-corrected chi connectivity index (χ0v) is 22.1. The Morgan fingerprint density at radius 2 is 1.54 bits per heavy atom. The number of aromatic nitrogens is 4. The first-order valence-electron chi connectivity index (χ1n) is 12.2. The minimum absolute atomic E-state index is 0.315. The average Bonchev–Trinajstić information content (AvgIpc) is 3.35. The molecule has 0 spiro atoms. The maximum Gasteiger partial charge on any atom is 0.110 e. The van der Waals surface area contributed by atoms with Gasteiger partial charge in [-0.3, -0.25) is 9.97 Å². The maximum absolute atomic E-state index is 6.31. The van der Waals surface area contributed by atoms with Gasteiger partial charge in [-0.1, -0.05) is 50.0 Å². The fourth-order valence-electron chi connectivity index (χ4n) is 3.88. The van der Waals surface area contributed by atoms with E-state index in [-0.39, 0.29) is 0 Å². The number of hydrogen-bond acceptors (Lipinski definition) is 4. The van der Waals surface area contributed by atoms with Crippen LogP contribution in [0.4, 0.5) is 0 Å². The molecule has 5 nitrogen and oxygen atoms in total. The Morgan fingerprint density at radius 1 is 0.857 bits per heavy atom. The normalized spacial score (nSPS) is 11.6. The molecule has 0 amide bonds. The Labute approximate surface area is 218 Å². The van der Waals surface area contributed by atoms with E-state index in [0.29, 0.717) is 16.0 Å². The lowest BCUT2D eigenvalue weighted by atomic mass is 10.0. The summed E-state index contributed by atoms with van der Waals surface area (Å²) < 4.78 is 0. The number of pyridine rings is 2. The van der Waals surface area contributed by atoms with Crippen molar-refractivity contribution < 1.29 is 0 Å². The van der Waals surface area contributed by atoms with Crippen LogP contribution in [0.15, 0.2) is 67.3 Å². The van der Waals surface area contributed by atoms with Gasteiger partial charge in [0.15, 0.2) is 0 Å². The van der Waals surface area contributed by atoms with E-state index < -0.39 is 0 Å². The smallest absolute Gasteiger partial charge is 0.110 e. The first kappa shape index (κ1) is 26.9. The number of halogens is 2. The van der Waals surface area contributed by atoms with Gasteiger partial charge in [0.25, 0.3) is 0 Å². The highest BCUT2D eigenvalue weighted by Crippen LogP contribution is 2.35. The lowest BCUT2D eigenvalue weighted by Crippen LogP contribution is -2.20. The number of imidazole rings is 1. The quantitative estimate of drug-likeness (QED) is 0.216. The summed E-state index contributed by atoms with van der Waals surface area (Å²) in [7, 11) is 0. The summed E-state index contributed by atoms with van der Waals surface area (Å²) in [6, 6.07) is 13.7. The number of aromatic amines is 1. The van der Waals surface area contributed by atoms with E-state index >= 15 is 0 Å². The first-order chi connectivity index (χ1) is 17.2. The van der Waals surface area contributed by atoms with Crippen LogP contribution < -0.4 is 5.32 Å². The molecule has 2 N–H and O–H groups in total. The molecule has 1 unspecified atom stereocenters. The molecule has 3 aromatic heterocycles. The summed E-state index contributed by atoms with van der Waals surface area (Å²) in [5.74, 6) is 1.30. The third-order valence-corrected chi connectivity index (χ3v) is 6.51. The lowest BCUT2D eigenvalue weighted by molar-refractivity contribution is 0.539. The van der Waals surface area contributed by atoms with Crippen molar-refractivity contribution in [3.63, 3.8) is 0 Å². The molecule has 1 atom stereocenters. The van der Waals surface area contributed by atoms with Crippen LogP contribution >= 0.6 is 23.2 Å². The monoisotopic (exact) mass is 509 g/mol. The summed E-state index contributed by atoms with van der Waals surface area (Å²) in [4.78, 5) is 16.9. The zero-order chi connectivity index (χ0) is 25.0. The van der Waals surface area contributed by atoms with E-state index in [0.717, 1.165) is 60.7 Å². The molecule has 184 valence electrons. The molecule has 0 aliphatic heterocycles. The van der Waals surface area contributed by atoms with Crippen molar-refractivity contribution in [1.29, 1.82) is 0 Å². The van der Waals surface area contributed by atoms with Crippen molar-refractivity contribution in [3.8, 4) is 22.5 Å². The molecule has 0 aliphatic carbocycles. The van der Waals surface area contributed by atoms with Crippen molar-refractivity contribution in [2.75, 3.05) is 13.1 Å².